The molecule has 0 aliphatic carbocycles. The van der Waals surface area contributed by atoms with Crippen molar-refractivity contribution in [2.75, 3.05) is 0 Å². The molecule has 0 radical (unpaired) electrons. The Labute approximate surface area is 187 Å². The van der Waals surface area contributed by atoms with Gasteiger partial charge in [0.1, 0.15) is 0 Å². The molecule has 0 aliphatic heterocycles. The van der Waals surface area contributed by atoms with Gasteiger partial charge in [-0.1, -0.05) is 53.5 Å². The van der Waals surface area contributed by atoms with Crippen molar-refractivity contribution in [3.05, 3.63) is 101 Å². The Balaban J connectivity index is 0.000000491. The molecule has 0 amide bonds. The van der Waals surface area contributed by atoms with Gasteiger partial charge in [-0.05, 0) is 54.1 Å². The third kappa shape index (κ3) is 7.12. The van der Waals surface area contributed by atoms with E-state index in [1.165, 1.54) is 0 Å². The average molecular weight is 465 g/mol. The Morgan fingerprint density at radius 3 is 1.35 bits per heavy atom. The molecule has 0 N–H and O–H groups in total. The first-order chi connectivity index (χ1) is 14.7. The zero-order chi connectivity index (χ0) is 22.4. The first-order valence-electron chi connectivity index (χ1n) is 9.12. The molecule has 8 heteroatoms. The van der Waals surface area contributed by atoms with Crippen molar-refractivity contribution in [1.29, 1.82) is 0 Å². The van der Waals surface area contributed by atoms with Crippen molar-refractivity contribution in [1.82, 2.24) is 0 Å². The second-order valence-electron chi connectivity index (χ2n) is 6.45. The van der Waals surface area contributed by atoms with Crippen LogP contribution in [0.2, 0.25) is 10.0 Å². The Hall–Kier alpha value is -2.83. The lowest BCUT2D eigenvalue weighted by Crippen LogP contribution is -2.02. The van der Waals surface area contributed by atoms with E-state index in [2.05, 4.69) is 6.07 Å². The molecule has 0 bridgehead atoms. The quantitative estimate of drug-likeness (QED) is 0.167. The molecule has 1 heterocycles. The molecule has 4 aromatic rings. The van der Waals surface area contributed by atoms with Gasteiger partial charge in [0, 0.05) is 15.6 Å². The summed E-state index contributed by atoms with van der Waals surface area (Å²) in [6.45, 7) is 0. The molecular weight excluding hydrogens is 450 g/mol. The smallest absolute Gasteiger partial charge is 0.418 e. The maximum absolute atomic E-state index is 9.75. The zero-order valence-electron chi connectivity index (χ0n) is 15.9. The molecule has 0 aliphatic rings. The Morgan fingerprint density at radius 2 is 0.903 bits per heavy atom. The van der Waals surface area contributed by atoms with Crippen LogP contribution in [0.25, 0.3) is 33.8 Å². The number of benzene rings is 3. The summed E-state index contributed by atoms with van der Waals surface area (Å²) in [5.41, 5.74) is 4.15. The van der Waals surface area contributed by atoms with Gasteiger partial charge < -0.3 is 17.3 Å². The minimum absolute atomic E-state index is 0.700. The molecule has 0 saturated carbocycles. The third-order valence-corrected chi connectivity index (χ3v) is 4.66. The maximum atomic E-state index is 9.75. The van der Waals surface area contributed by atoms with Gasteiger partial charge >= 0.3 is 18.8 Å². The highest BCUT2D eigenvalue weighted by Gasteiger charge is 2.21. The van der Waals surface area contributed by atoms with Gasteiger partial charge in [-0.2, -0.15) is 0 Å². The second kappa shape index (κ2) is 9.99. The monoisotopic (exact) mass is 464 g/mol. The van der Waals surface area contributed by atoms with Crippen LogP contribution in [0.1, 0.15) is 0 Å². The molecule has 0 atom stereocenters. The summed E-state index contributed by atoms with van der Waals surface area (Å²) < 4.78 is 45.2. The van der Waals surface area contributed by atoms with E-state index in [1.807, 2.05) is 84.9 Å². The summed E-state index contributed by atoms with van der Waals surface area (Å²) in [5.74, 6) is 1.59. The minimum atomic E-state index is -6.00. The Bertz CT molecular complexity index is 1060. The molecule has 0 spiro atoms. The van der Waals surface area contributed by atoms with Crippen LogP contribution in [0.15, 0.2) is 95.4 Å². The van der Waals surface area contributed by atoms with Crippen molar-refractivity contribution in [2.24, 2.45) is 0 Å². The molecular formula is C23H15BCl2F4O. The summed E-state index contributed by atoms with van der Waals surface area (Å²) in [5, 5.41) is 1.42. The van der Waals surface area contributed by atoms with E-state index in [0.29, 0.717) is 5.02 Å². The van der Waals surface area contributed by atoms with Gasteiger partial charge in [-0.3, -0.25) is 0 Å². The number of rotatable bonds is 3. The van der Waals surface area contributed by atoms with Crippen molar-refractivity contribution in [2.45, 2.75) is 0 Å². The summed E-state index contributed by atoms with van der Waals surface area (Å²) in [7, 11) is -6.00. The van der Waals surface area contributed by atoms with Crippen LogP contribution < -0.4 is 0 Å². The minimum Gasteiger partial charge on any atom is -0.418 e. The summed E-state index contributed by atoms with van der Waals surface area (Å²) >= 11 is 12.1. The number of hydrogen-bond donors (Lipinski definition) is 0. The van der Waals surface area contributed by atoms with E-state index >= 15 is 0 Å². The summed E-state index contributed by atoms with van der Waals surface area (Å²) in [4.78, 5) is 0. The van der Waals surface area contributed by atoms with Crippen LogP contribution in [0.5, 0.6) is 0 Å². The van der Waals surface area contributed by atoms with Gasteiger partial charge in [0.15, 0.2) is 0 Å². The van der Waals surface area contributed by atoms with Gasteiger partial charge in [0.05, 0.1) is 23.3 Å². The lowest BCUT2D eigenvalue weighted by Gasteiger charge is -2.03. The first kappa shape index (κ1) is 22.9. The van der Waals surface area contributed by atoms with Gasteiger partial charge in [0.2, 0.25) is 0 Å². The predicted molar refractivity (Wildman–Crippen MR) is 120 cm³/mol. The predicted octanol–water partition coefficient (Wildman–Crippen LogP) is 9.17. The van der Waals surface area contributed by atoms with Crippen molar-refractivity contribution < 1.29 is 21.7 Å². The molecule has 1 nitrogen and oxygen atoms in total. The molecule has 0 unspecified atom stereocenters. The van der Waals surface area contributed by atoms with Crippen molar-refractivity contribution >= 4 is 30.5 Å². The van der Waals surface area contributed by atoms with E-state index in [1.54, 1.807) is 0 Å². The first-order valence-corrected chi connectivity index (χ1v) is 9.87. The summed E-state index contributed by atoms with van der Waals surface area (Å²) in [6.07, 6.45) is 0. The highest BCUT2D eigenvalue weighted by molar-refractivity contribution is 6.50. The van der Waals surface area contributed by atoms with E-state index in [4.69, 9.17) is 27.6 Å². The van der Waals surface area contributed by atoms with Gasteiger partial charge in [-0.15, -0.1) is 0 Å². The lowest BCUT2D eigenvalue weighted by molar-refractivity contribution is 0.368. The second-order valence-corrected chi connectivity index (χ2v) is 7.32. The van der Waals surface area contributed by atoms with Crippen LogP contribution in [0.3, 0.4) is 0 Å². The fourth-order valence-corrected chi connectivity index (χ4v) is 3.06. The SMILES string of the molecule is Clc1ccc(-c2cc(-c3ccccc3)[o+]c(-c3ccc(Cl)cc3)c2)cc1.F[B-](F)(F)F. The topological polar surface area (TPSA) is 11.3 Å². The lowest BCUT2D eigenvalue weighted by atomic mass is 10.0. The van der Waals surface area contributed by atoms with Crippen LogP contribution in [-0.2, 0) is 0 Å². The molecule has 158 valence electrons. The van der Waals surface area contributed by atoms with E-state index in [9.17, 15) is 17.3 Å². The molecule has 0 fully saturated rings. The number of hydrogen-bond acceptors (Lipinski definition) is 0. The third-order valence-electron chi connectivity index (χ3n) is 4.16. The normalized spacial score (nSPS) is 10.9. The van der Waals surface area contributed by atoms with Crippen LogP contribution in [0.4, 0.5) is 17.3 Å². The summed E-state index contributed by atoms with van der Waals surface area (Å²) in [6, 6.07) is 29.6. The van der Waals surface area contributed by atoms with Crippen LogP contribution >= 0.6 is 23.2 Å². The Morgan fingerprint density at radius 1 is 0.516 bits per heavy atom. The molecule has 0 saturated heterocycles. The highest BCUT2D eigenvalue weighted by atomic mass is 35.5. The Kier molecular flexibility index (Phi) is 7.36. The van der Waals surface area contributed by atoms with Gasteiger partial charge in [0.25, 0.3) is 0 Å². The van der Waals surface area contributed by atoms with Crippen molar-refractivity contribution in [3.63, 3.8) is 0 Å². The largest absolute Gasteiger partial charge is 0.673 e. The fraction of sp³-hybridized carbons (Fsp3) is 0. The molecule has 31 heavy (non-hydrogen) atoms. The van der Waals surface area contributed by atoms with Crippen molar-refractivity contribution in [3.8, 4) is 33.8 Å². The van der Waals surface area contributed by atoms with E-state index in [-0.39, 0.29) is 0 Å². The van der Waals surface area contributed by atoms with Crippen LogP contribution in [0, 0.1) is 0 Å². The highest BCUT2D eigenvalue weighted by Crippen LogP contribution is 2.33. The molecule has 4 rings (SSSR count). The fourth-order valence-electron chi connectivity index (χ4n) is 2.81. The van der Waals surface area contributed by atoms with E-state index < -0.39 is 7.25 Å². The number of halogens is 6. The average Bonchev–Trinajstić information content (AvgIpc) is 2.74. The molecule has 1 aromatic heterocycles. The molecule has 3 aromatic carbocycles. The van der Waals surface area contributed by atoms with E-state index in [0.717, 1.165) is 38.8 Å². The van der Waals surface area contributed by atoms with Crippen LogP contribution in [-0.4, -0.2) is 7.25 Å². The zero-order valence-corrected chi connectivity index (χ0v) is 17.4. The maximum Gasteiger partial charge on any atom is 0.673 e. The van der Waals surface area contributed by atoms with Gasteiger partial charge in [-0.25, -0.2) is 4.42 Å². The standard InChI is InChI=1S/C23H15Cl2O.BF4/c24-20-10-6-16(7-11-20)19-14-22(17-4-2-1-3-5-17)26-23(15-19)18-8-12-21(25)13-9-18;2-1(3,4)5/h1-15H;/q+1;-1.